The molecule has 2 aromatic carbocycles. The minimum absolute atomic E-state index is 0.0831. The number of nitrogens with one attached hydrogen (secondary N) is 1. The average Bonchev–Trinajstić information content (AvgIpc) is 3.24. The van der Waals surface area contributed by atoms with Crippen molar-refractivity contribution in [3.8, 4) is 11.4 Å². The number of nitrogens with zero attached hydrogens (tertiary/aromatic N) is 2. The molecule has 2 aliphatic rings. The van der Waals surface area contributed by atoms with Crippen molar-refractivity contribution in [1.29, 1.82) is 0 Å². The fourth-order valence-electron chi connectivity index (χ4n) is 5.06. The Morgan fingerprint density at radius 1 is 1.12 bits per heavy atom. The Morgan fingerprint density at radius 3 is 2.68 bits per heavy atom. The van der Waals surface area contributed by atoms with Crippen LogP contribution in [0.4, 0.5) is 5.69 Å². The Morgan fingerprint density at radius 2 is 1.88 bits per heavy atom. The van der Waals surface area contributed by atoms with Crippen LogP contribution in [0.2, 0.25) is 0 Å². The number of aliphatic hydroxyl groups is 1. The van der Waals surface area contributed by atoms with Crippen molar-refractivity contribution in [2.24, 2.45) is 0 Å². The molecular formula is C27H23N3O4. The normalized spacial score (nSPS) is 18.2. The molecule has 6 rings (SSSR count). The van der Waals surface area contributed by atoms with E-state index in [-0.39, 0.29) is 18.6 Å². The highest BCUT2D eigenvalue weighted by Crippen LogP contribution is 2.45. The third-order valence-electron chi connectivity index (χ3n) is 6.84. The molecule has 2 aliphatic heterocycles. The zero-order valence-corrected chi connectivity index (χ0v) is 18.7. The van der Waals surface area contributed by atoms with E-state index >= 15 is 0 Å². The number of benzene rings is 2. The summed E-state index contributed by atoms with van der Waals surface area (Å²) in [6.45, 7) is 2.37. The second kappa shape index (κ2) is 7.53. The van der Waals surface area contributed by atoms with Gasteiger partial charge < -0.3 is 19.7 Å². The molecular weight excluding hydrogens is 430 g/mol. The van der Waals surface area contributed by atoms with Gasteiger partial charge in [0.1, 0.15) is 6.61 Å². The van der Waals surface area contributed by atoms with E-state index < -0.39 is 11.6 Å². The van der Waals surface area contributed by atoms with Crippen LogP contribution < -0.4 is 10.9 Å². The van der Waals surface area contributed by atoms with E-state index in [0.717, 1.165) is 22.0 Å². The second-order valence-corrected chi connectivity index (χ2v) is 8.79. The quantitative estimate of drug-likeness (QED) is 0.403. The number of ether oxygens (including phenoxy) is 1. The van der Waals surface area contributed by atoms with Crippen molar-refractivity contribution in [2.75, 3.05) is 5.32 Å². The first-order valence-corrected chi connectivity index (χ1v) is 11.4. The molecule has 2 N–H and O–H groups in total. The first-order chi connectivity index (χ1) is 16.5. The zero-order valence-electron chi connectivity index (χ0n) is 18.7. The molecule has 34 heavy (non-hydrogen) atoms. The summed E-state index contributed by atoms with van der Waals surface area (Å²) in [4.78, 5) is 31.3. The van der Waals surface area contributed by atoms with E-state index in [2.05, 4.69) is 11.4 Å². The molecule has 1 atom stereocenters. The highest BCUT2D eigenvalue weighted by atomic mass is 16.6. The van der Waals surface area contributed by atoms with Crippen LogP contribution in [0.1, 0.15) is 35.6 Å². The Balaban J connectivity index is 1.64. The largest absolute Gasteiger partial charge is 0.458 e. The molecule has 2 aromatic heterocycles. The molecule has 4 heterocycles. The predicted octanol–water partition coefficient (Wildman–Crippen LogP) is 3.69. The number of fused-ring (bicyclic) bond motifs is 5. The van der Waals surface area contributed by atoms with Crippen LogP contribution in [0.15, 0.2) is 65.5 Å². The Labute approximate surface area is 195 Å². The standard InChI is InChI=1S/C27H23N3O4/c1-2-27(33)21-19(15-34-26(27)32)25(31)30-14-18-12-17-10-6-7-11-20(17)29-22(18)24(30)23(21)28-13-16-8-4-3-5-9-16/h3-12,28,33H,2,13-15H2,1H3/t27-/m0/s1. The molecule has 0 bridgehead atoms. The van der Waals surface area contributed by atoms with Crippen molar-refractivity contribution < 1.29 is 14.6 Å². The molecule has 0 unspecified atom stereocenters. The molecule has 0 amide bonds. The maximum Gasteiger partial charge on any atom is 0.343 e. The van der Waals surface area contributed by atoms with Crippen molar-refractivity contribution in [2.45, 2.75) is 38.6 Å². The van der Waals surface area contributed by atoms with Crippen molar-refractivity contribution in [3.05, 3.63) is 93.3 Å². The number of rotatable bonds is 4. The third-order valence-corrected chi connectivity index (χ3v) is 6.84. The summed E-state index contributed by atoms with van der Waals surface area (Å²) in [5, 5.41) is 15.9. The Kier molecular flexibility index (Phi) is 4.57. The minimum atomic E-state index is -1.92. The molecule has 0 spiro atoms. The number of anilines is 1. The number of pyridine rings is 2. The molecule has 0 aliphatic carbocycles. The van der Waals surface area contributed by atoms with E-state index in [9.17, 15) is 14.7 Å². The lowest BCUT2D eigenvalue weighted by Crippen LogP contribution is -2.45. The first-order valence-electron chi connectivity index (χ1n) is 11.4. The fraction of sp³-hybridized carbons (Fsp3) is 0.222. The number of hydrogen-bond acceptors (Lipinski definition) is 6. The third kappa shape index (κ3) is 2.90. The summed E-state index contributed by atoms with van der Waals surface area (Å²) < 4.78 is 6.94. The summed E-state index contributed by atoms with van der Waals surface area (Å²) in [6, 6.07) is 19.7. The van der Waals surface area contributed by atoms with Crippen molar-refractivity contribution >= 4 is 22.6 Å². The number of aromatic nitrogens is 2. The summed E-state index contributed by atoms with van der Waals surface area (Å²) in [6.07, 6.45) is 0.0831. The summed E-state index contributed by atoms with van der Waals surface area (Å²) in [7, 11) is 0. The SMILES string of the molecule is CC[C@@]1(O)C(=O)OCc2c1c(NCc1ccccc1)c1n(c2=O)Cc2cc3ccccc3nc2-1. The van der Waals surface area contributed by atoms with E-state index in [0.29, 0.717) is 41.3 Å². The topological polar surface area (TPSA) is 93.5 Å². The summed E-state index contributed by atoms with van der Waals surface area (Å²) in [5.41, 5.74) is 3.05. The maximum atomic E-state index is 13.6. The van der Waals surface area contributed by atoms with Crippen LogP contribution in [0.25, 0.3) is 22.3 Å². The van der Waals surface area contributed by atoms with Crippen molar-refractivity contribution in [3.63, 3.8) is 0 Å². The van der Waals surface area contributed by atoms with Gasteiger partial charge in [-0.15, -0.1) is 0 Å². The lowest BCUT2D eigenvalue weighted by molar-refractivity contribution is -0.172. The van der Waals surface area contributed by atoms with Gasteiger partial charge in [0.2, 0.25) is 0 Å². The van der Waals surface area contributed by atoms with Gasteiger partial charge in [-0.3, -0.25) is 4.79 Å². The van der Waals surface area contributed by atoms with Gasteiger partial charge in [-0.25, -0.2) is 9.78 Å². The summed E-state index contributed by atoms with van der Waals surface area (Å²) in [5.74, 6) is -0.737. The number of carbonyl (C=O) groups is 1. The van der Waals surface area contributed by atoms with E-state index in [1.807, 2.05) is 54.6 Å². The van der Waals surface area contributed by atoms with Gasteiger partial charge >= 0.3 is 5.97 Å². The predicted molar refractivity (Wildman–Crippen MR) is 128 cm³/mol. The van der Waals surface area contributed by atoms with Crippen LogP contribution in [-0.4, -0.2) is 20.6 Å². The molecule has 170 valence electrons. The lowest BCUT2D eigenvalue weighted by Gasteiger charge is -2.34. The maximum absolute atomic E-state index is 13.6. The monoisotopic (exact) mass is 453 g/mol. The van der Waals surface area contributed by atoms with Gasteiger partial charge in [0.25, 0.3) is 5.56 Å². The van der Waals surface area contributed by atoms with Crippen LogP contribution in [0.5, 0.6) is 0 Å². The number of hydrogen-bond donors (Lipinski definition) is 2. The molecule has 7 heteroatoms. The number of para-hydroxylation sites is 1. The van der Waals surface area contributed by atoms with Crippen LogP contribution in [0, 0.1) is 0 Å². The highest BCUT2D eigenvalue weighted by molar-refractivity contribution is 5.92. The van der Waals surface area contributed by atoms with E-state index in [1.165, 1.54) is 0 Å². The number of cyclic esters (lactones) is 1. The molecule has 7 nitrogen and oxygen atoms in total. The summed E-state index contributed by atoms with van der Waals surface area (Å²) >= 11 is 0. The fourth-order valence-corrected chi connectivity index (χ4v) is 5.06. The molecule has 0 saturated heterocycles. The van der Waals surface area contributed by atoms with Crippen LogP contribution in [-0.2, 0) is 34.8 Å². The van der Waals surface area contributed by atoms with Crippen LogP contribution in [0.3, 0.4) is 0 Å². The lowest BCUT2D eigenvalue weighted by atomic mass is 9.84. The van der Waals surface area contributed by atoms with E-state index in [1.54, 1.807) is 11.5 Å². The number of carbonyl (C=O) groups excluding carboxylic acids is 1. The molecule has 0 fully saturated rings. The van der Waals surface area contributed by atoms with Gasteiger partial charge in [-0.05, 0) is 24.1 Å². The zero-order chi connectivity index (χ0) is 23.4. The average molecular weight is 453 g/mol. The molecule has 0 saturated carbocycles. The molecule has 0 radical (unpaired) electrons. The van der Waals surface area contributed by atoms with Gasteiger partial charge in [-0.2, -0.15) is 0 Å². The van der Waals surface area contributed by atoms with E-state index in [4.69, 9.17) is 9.72 Å². The van der Waals surface area contributed by atoms with Gasteiger partial charge in [0.05, 0.1) is 34.7 Å². The Hall–Kier alpha value is -3.97. The smallest absolute Gasteiger partial charge is 0.343 e. The number of esters is 1. The van der Waals surface area contributed by atoms with Crippen molar-refractivity contribution in [1.82, 2.24) is 9.55 Å². The molecule has 4 aromatic rings. The van der Waals surface area contributed by atoms with Gasteiger partial charge in [0.15, 0.2) is 5.60 Å². The van der Waals surface area contributed by atoms with Crippen LogP contribution >= 0.6 is 0 Å². The first kappa shape index (κ1) is 20.6. The van der Waals surface area contributed by atoms with Gasteiger partial charge in [0, 0.05) is 23.1 Å². The highest BCUT2D eigenvalue weighted by Gasteiger charge is 2.48. The Bertz CT molecular complexity index is 1530. The second-order valence-electron chi connectivity index (χ2n) is 8.79. The minimum Gasteiger partial charge on any atom is -0.458 e. The van der Waals surface area contributed by atoms with Gasteiger partial charge in [-0.1, -0.05) is 55.5 Å².